The molecule has 0 saturated carbocycles. The van der Waals surface area contributed by atoms with Gasteiger partial charge >= 0.3 is 0 Å². The lowest BCUT2D eigenvalue weighted by Crippen LogP contribution is -2.29. The summed E-state index contributed by atoms with van der Waals surface area (Å²) in [7, 11) is 0. The van der Waals surface area contributed by atoms with Gasteiger partial charge in [0.1, 0.15) is 0 Å². The topological polar surface area (TPSA) is 84.2 Å². The molecule has 6 nitrogen and oxygen atoms in total. The van der Waals surface area contributed by atoms with Crippen molar-refractivity contribution >= 4 is 11.8 Å². The van der Waals surface area contributed by atoms with Crippen molar-refractivity contribution in [2.24, 2.45) is 0 Å². The molecule has 0 aliphatic heterocycles. The van der Waals surface area contributed by atoms with Gasteiger partial charge in [0.05, 0.1) is 11.8 Å². The Balaban J connectivity index is 1.64. The standard InChI is InChI=1S/C15H17N3O3/c1-11-5-6-12(10-18-11)14(19)16-7-3-8-17-15(20)13-4-2-9-21-13/h2,4-6,9-10H,3,7-8H2,1H3,(H,16,19)(H,17,20). The molecule has 0 unspecified atom stereocenters. The van der Waals surface area contributed by atoms with Crippen LogP contribution in [0.2, 0.25) is 0 Å². The number of carbonyl (C=O) groups is 2. The zero-order valence-corrected chi connectivity index (χ0v) is 11.8. The van der Waals surface area contributed by atoms with E-state index in [1.807, 2.05) is 6.92 Å². The Bertz CT molecular complexity index is 591. The lowest BCUT2D eigenvalue weighted by Gasteiger charge is -2.06. The first-order valence-electron chi connectivity index (χ1n) is 6.69. The molecule has 0 atom stereocenters. The van der Waals surface area contributed by atoms with Crippen LogP contribution in [-0.2, 0) is 0 Å². The molecular formula is C15H17N3O3. The number of hydrogen-bond acceptors (Lipinski definition) is 4. The first-order valence-corrected chi connectivity index (χ1v) is 6.69. The van der Waals surface area contributed by atoms with Crippen molar-refractivity contribution in [3.8, 4) is 0 Å². The van der Waals surface area contributed by atoms with Crippen molar-refractivity contribution in [2.75, 3.05) is 13.1 Å². The van der Waals surface area contributed by atoms with Crippen molar-refractivity contribution in [3.05, 3.63) is 53.7 Å². The minimum atomic E-state index is -0.255. The van der Waals surface area contributed by atoms with E-state index in [9.17, 15) is 9.59 Å². The summed E-state index contributed by atoms with van der Waals surface area (Å²) in [5, 5.41) is 5.48. The minimum absolute atomic E-state index is 0.167. The number of aryl methyl sites for hydroxylation is 1. The van der Waals surface area contributed by atoms with Crippen LogP contribution in [0.4, 0.5) is 0 Å². The number of furan rings is 1. The van der Waals surface area contributed by atoms with E-state index in [-0.39, 0.29) is 17.6 Å². The lowest BCUT2D eigenvalue weighted by molar-refractivity contribution is 0.0925. The Morgan fingerprint density at radius 1 is 1.14 bits per heavy atom. The van der Waals surface area contributed by atoms with Crippen LogP contribution in [-0.4, -0.2) is 29.9 Å². The maximum atomic E-state index is 11.8. The summed E-state index contributed by atoms with van der Waals surface area (Å²) >= 11 is 0. The fraction of sp³-hybridized carbons (Fsp3) is 0.267. The second kappa shape index (κ2) is 7.23. The van der Waals surface area contributed by atoms with E-state index in [1.54, 1.807) is 30.5 Å². The van der Waals surface area contributed by atoms with Gasteiger partial charge in [0, 0.05) is 25.0 Å². The van der Waals surface area contributed by atoms with Crippen LogP contribution in [0.15, 0.2) is 41.1 Å². The number of carbonyl (C=O) groups excluding carboxylic acids is 2. The summed E-state index contributed by atoms with van der Waals surface area (Å²) in [6.07, 6.45) is 3.63. The maximum absolute atomic E-state index is 11.8. The van der Waals surface area contributed by atoms with E-state index < -0.39 is 0 Å². The molecule has 2 amide bonds. The van der Waals surface area contributed by atoms with E-state index in [1.165, 1.54) is 6.26 Å². The molecule has 0 aromatic carbocycles. The molecule has 2 heterocycles. The van der Waals surface area contributed by atoms with Gasteiger partial charge in [-0.05, 0) is 37.6 Å². The van der Waals surface area contributed by atoms with Crippen LogP contribution in [0, 0.1) is 6.92 Å². The SMILES string of the molecule is Cc1ccc(C(=O)NCCCNC(=O)c2ccco2)cn1. The monoisotopic (exact) mass is 287 g/mol. The third kappa shape index (κ3) is 4.45. The Morgan fingerprint density at radius 3 is 2.52 bits per heavy atom. The van der Waals surface area contributed by atoms with Crippen LogP contribution in [0.1, 0.15) is 33.0 Å². The zero-order chi connectivity index (χ0) is 15.1. The lowest BCUT2D eigenvalue weighted by atomic mass is 10.2. The Kier molecular flexibility index (Phi) is 5.09. The van der Waals surface area contributed by atoms with E-state index in [4.69, 9.17) is 4.42 Å². The average molecular weight is 287 g/mol. The smallest absolute Gasteiger partial charge is 0.286 e. The van der Waals surface area contributed by atoms with E-state index in [0.29, 0.717) is 25.1 Å². The zero-order valence-electron chi connectivity index (χ0n) is 11.8. The van der Waals surface area contributed by atoms with Crippen molar-refractivity contribution in [3.63, 3.8) is 0 Å². The highest BCUT2D eigenvalue weighted by atomic mass is 16.3. The number of rotatable bonds is 6. The van der Waals surface area contributed by atoms with Crippen LogP contribution in [0.3, 0.4) is 0 Å². The molecule has 110 valence electrons. The highest BCUT2D eigenvalue weighted by Gasteiger charge is 2.07. The Hall–Kier alpha value is -2.63. The van der Waals surface area contributed by atoms with Crippen molar-refractivity contribution < 1.29 is 14.0 Å². The number of aromatic nitrogens is 1. The summed E-state index contributed by atoms with van der Waals surface area (Å²) in [6, 6.07) is 6.78. The second-order valence-corrected chi connectivity index (χ2v) is 4.53. The van der Waals surface area contributed by atoms with Gasteiger partial charge in [-0.2, -0.15) is 0 Å². The molecule has 21 heavy (non-hydrogen) atoms. The van der Waals surface area contributed by atoms with Crippen LogP contribution in [0.5, 0.6) is 0 Å². The van der Waals surface area contributed by atoms with Crippen LogP contribution < -0.4 is 10.6 Å². The number of hydrogen-bond donors (Lipinski definition) is 2. The number of pyridine rings is 1. The summed E-state index contributed by atoms with van der Waals surface area (Å²) in [6.45, 7) is 2.81. The van der Waals surface area contributed by atoms with Crippen molar-refractivity contribution in [1.82, 2.24) is 15.6 Å². The third-order valence-corrected chi connectivity index (χ3v) is 2.84. The average Bonchev–Trinajstić information content (AvgIpc) is 3.01. The maximum Gasteiger partial charge on any atom is 0.286 e. The molecule has 0 fully saturated rings. The summed E-state index contributed by atoms with van der Waals surface area (Å²) in [4.78, 5) is 27.4. The van der Waals surface area contributed by atoms with Gasteiger partial charge < -0.3 is 15.1 Å². The highest BCUT2D eigenvalue weighted by Crippen LogP contribution is 2.00. The van der Waals surface area contributed by atoms with E-state index in [2.05, 4.69) is 15.6 Å². The summed E-state index contributed by atoms with van der Waals surface area (Å²) < 4.78 is 4.97. The second-order valence-electron chi connectivity index (χ2n) is 4.53. The van der Waals surface area contributed by atoms with E-state index >= 15 is 0 Å². The van der Waals surface area contributed by atoms with Gasteiger partial charge in [0.15, 0.2) is 5.76 Å². The van der Waals surface area contributed by atoms with Crippen LogP contribution >= 0.6 is 0 Å². The van der Waals surface area contributed by atoms with Gasteiger partial charge in [-0.25, -0.2) is 0 Å². The predicted octanol–water partition coefficient (Wildman–Crippen LogP) is 1.53. The van der Waals surface area contributed by atoms with Crippen molar-refractivity contribution in [2.45, 2.75) is 13.3 Å². The fourth-order valence-electron chi connectivity index (χ4n) is 1.69. The normalized spacial score (nSPS) is 10.1. The molecule has 2 N–H and O–H groups in total. The largest absolute Gasteiger partial charge is 0.459 e. The van der Waals surface area contributed by atoms with Gasteiger partial charge in [0.2, 0.25) is 0 Å². The molecular weight excluding hydrogens is 270 g/mol. The summed E-state index contributed by atoms with van der Waals surface area (Å²) in [5.74, 6) is -0.140. The molecule has 2 rings (SSSR count). The molecule has 0 aliphatic rings. The molecule has 0 bridgehead atoms. The molecule has 6 heteroatoms. The fourth-order valence-corrected chi connectivity index (χ4v) is 1.69. The van der Waals surface area contributed by atoms with Gasteiger partial charge in [0.25, 0.3) is 11.8 Å². The summed E-state index contributed by atoms with van der Waals surface area (Å²) in [5.41, 5.74) is 1.40. The Morgan fingerprint density at radius 2 is 1.90 bits per heavy atom. The highest BCUT2D eigenvalue weighted by molar-refractivity contribution is 5.93. The third-order valence-electron chi connectivity index (χ3n) is 2.84. The van der Waals surface area contributed by atoms with Crippen LogP contribution in [0.25, 0.3) is 0 Å². The number of amides is 2. The number of nitrogens with zero attached hydrogens (tertiary/aromatic N) is 1. The van der Waals surface area contributed by atoms with Gasteiger partial charge in [-0.1, -0.05) is 0 Å². The molecule has 0 spiro atoms. The molecule has 0 radical (unpaired) electrons. The predicted molar refractivity (Wildman–Crippen MR) is 77.0 cm³/mol. The minimum Gasteiger partial charge on any atom is -0.459 e. The van der Waals surface area contributed by atoms with Gasteiger partial charge in [-0.3, -0.25) is 14.6 Å². The molecule has 2 aromatic rings. The first kappa shape index (κ1) is 14.8. The number of nitrogens with one attached hydrogen (secondary N) is 2. The Labute approximate surface area is 122 Å². The van der Waals surface area contributed by atoms with Crippen molar-refractivity contribution in [1.29, 1.82) is 0 Å². The molecule has 0 saturated heterocycles. The molecule has 0 aliphatic carbocycles. The van der Waals surface area contributed by atoms with E-state index in [0.717, 1.165) is 5.69 Å². The van der Waals surface area contributed by atoms with Gasteiger partial charge in [-0.15, -0.1) is 0 Å². The molecule has 2 aromatic heterocycles. The quantitative estimate of drug-likeness (QED) is 0.789. The first-order chi connectivity index (χ1) is 10.2.